The molecule has 6 aliphatic rings. The summed E-state index contributed by atoms with van der Waals surface area (Å²) in [6, 6.07) is 1.98. The monoisotopic (exact) mass is 576 g/mol. The van der Waals surface area contributed by atoms with Gasteiger partial charge in [-0.1, -0.05) is 50.0 Å². The second kappa shape index (κ2) is 28.9. The molecular weight excluding hydrogens is 494 g/mol. The van der Waals surface area contributed by atoms with Crippen molar-refractivity contribution >= 4 is 0 Å². The van der Waals surface area contributed by atoms with Gasteiger partial charge in [0.25, 0.3) is 0 Å². The zero-order valence-corrected chi connectivity index (χ0v) is 24.4. The molecule has 6 fully saturated rings. The third-order valence-electron chi connectivity index (χ3n) is 7.97. The van der Waals surface area contributed by atoms with Crippen molar-refractivity contribution in [3.8, 4) is 0 Å². The number of hydrogen-bond acceptors (Lipinski definition) is 6. The highest BCUT2D eigenvalue weighted by atomic mass is 16.5. The molecule has 0 aromatic rings. The molecule has 0 unspecified atom stereocenters. The van der Waals surface area contributed by atoms with Gasteiger partial charge in [-0.2, -0.15) is 0 Å². The SMILES string of the molecule is C.C.C.C.C.CN(C1CC1)C1CC1.CN1CCCC1.CN1CCCCC1.CN1CCCCC1.CN1CCOCC1. The Labute approximate surface area is 256 Å². The van der Waals surface area contributed by atoms with E-state index in [9.17, 15) is 0 Å². The summed E-state index contributed by atoms with van der Waals surface area (Å²) in [4.78, 5) is 12.0. The Morgan fingerprint density at radius 2 is 0.675 bits per heavy atom. The molecule has 0 aromatic carbocycles. The topological polar surface area (TPSA) is 25.4 Å². The van der Waals surface area contributed by atoms with Gasteiger partial charge in [0.05, 0.1) is 13.2 Å². The summed E-state index contributed by atoms with van der Waals surface area (Å²) in [5.41, 5.74) is 0. The number of rotatable bonds is 2. The fourth-order valence-electron chi connectivity index (χ4n) is 4.90. The molecule has 0 amide bonds. The lowest BCUT2D eigenvalue weighted by atomic mass is 10.1. The van der Waals surface area contributed by atoms with Crippen molar-refractivity contribution in [2.75, 3.05) is 101 Å². The molecule has 0 bridgehead atoms. The first-order valence-electron chi connectivity index (χ1n) is 15.0. The minimum atomic E-state index is 0. The number of piperidine rings is 2. The molecule has 248 valence electrons. The number of hydrogen-bond donors (Lipinski definition) is 0. The first-order chi connectivity index (χ1) is 17.0. The molecule has 6 nitrogen and oxygen atoms in total. The van der Waals surface area contributed by atoms with Crippen molar-refractivity contribution in [2.24, 2.45) is 0 Å². The Kier molecular flexibility index (Phi) is 33.7. The molecule has 6 heteroatoms. The maximum atomic E-state index is 5.10. The average Bonchev–Trinajstić information content (AvgIpc) is 3.81. The van der Waals surface area contributed by atoms with Gasteiger partial charge in [-0.3, -0.25) is 0 Å². The number of morpholine rings is 1. The van der Waals surface area contributed by atoms with Crippen LogP contribution in [0, 0.1) is 0 Å². The van der Waals surface area contributed by atoms with E-state index in [-0.39, 0.29) is 37.1 Å². The van der Waals surface area contributed by atoms with E-state index in [0.717, 1.165) is 38.4 Å². The van der Waals surface area contributed by atoms with E-state index in [1.807, 2.05) is 0 Å². The number of likely N-dealkylation sites (tertiary alicyclic amines) is 3. The van der Waals surface area contributed by atoms with Gasteiger partial charge in [0.15, 0.2) is 0 Å². The fraction of sp³-hybridized carbons (Fsp3) is 1.00. The molecule has 0 atom stereocenters. The van der Waals surface area contributed by atoms with Crippen LogP contribution >= 0.6 is 0 Å². The number of ether oxygens (including phenoxy) is 1. The minimum Gasteiger partial charge on any atom is -0.379 e. The largest absolute Gasteiger partial charge is 0.379 e. The summed E-state index contributed by atoms with van der Waals surface area (Å²) in [7, 11) is 10.9. The van der Waals surface area contributed by atoms with Crippen molar-refractivity contribution in [1.29, 1.82) is 0 Å². The summed E-state index contributed by atoms with van der Waals surface area (Å²) in [5, 5.41) is 0. The van der Waals surface area contributed by atoms with Crippen LogP contribution in [0.3, 0.4) is 0 Å². The third-order valence-corrected chi connectivity index (χ3v) is 7.97. The zero-order valence-electron chi connectivity index (χ0n) is 24.4. The Morgan fingerprint density at radius 1 is 0.425 bits per heavy atom. The molecular formula is C34H81N5O. The van der Waals surface area contributed by atoms with Crippen molar-refractivity contribution in [3.05, 3.63) is 0 Å². The highest BCUT2D eigenvalue weighted by Gasteiger charge is 2.36. The van der Waals surface area contributed by atoms with Crippen LogP contribution in [0.4, 0.5) is 0 Å². The first-order valence-corrected chi connectivity index (χ1v) is 15.0. The van der Waals surface area contributed by atoms with Crippen LogP contribution in [0.25, 0.3) is 0 Å². The quantitative estimate of drug-likeness (QED) is 0.343. The normalized spacial score (nSPS) is 22.9. The summed E-state index contributed by atoms with van der Waals surface area (Å²) in [6.07, 6.45) is 17.2. The van der Waals surface area contributed by atoms with Crippen molar-refractivity contribution < 1.29 is 4.74 Å². The predicted molar refractivity (Wildman–Crippen MR) is 185 cm³/mol. The molecule has 4 aliphatic heterocycles. The lowest BCUT2D eigenvalue weighted by Crippen LogP contribution is -2.32. The van der Waals surface area contributed by atoms with E-state index >= 15 is 0 Å². The van der Waals surface area contributed by atoms with Crippen LogP contribution in [0.5, 0.6) is 0 Å². The minimum absolute atomic E-state index is 0. The Bertz CT molecular complexity index is 427. The van der Waals surface area contributed by atoms with Crippen LogP contribution in [0.15, 0.2) is 0 Å². The smallest absolute Gasteiger partial charge is 0.0594 e. The second-order valence-corrected chi connectivity index (χ2v) is 11.8. The van der Waals surface area contributed by atoms with Gasteiger partial charge in [0.1, 0.15) is 0 Å². The van der Waals surface area contributed by atoms with Crippen LogP contribution in [0.2, 0.25) is 0 Å². The molecule has 2 aliphatic carbocycles. The molecule has 0 radical (unpaired) electrons. The lowest BCUT2D eigenvalue weighted by molar-refractivity contribution is 0.0503. The summed E-state index contributed by atoms with van der Waals surface area (Å²) in [6.45, 7) is 11.9. The number of likely N-dealkylation sites (N-methyl/N-ethyl adjacent to an activating group) is 1. The van der Waals surface area contributed by atoms with E-state index in [1.54, 1.807) is 0 Å². The van der Waals surface area contributed by atoms with E-state index in [2.05, 4.69) is 59.7 Å². The Hall–Kier alpha value is -0.240. The van der Waals surface area contributed by atoms with E-state index < -0.39 is 0 Å². The van der Waals surface area contributed by atoms with Gasteiger partial charge in [0.2, 0.25) is 0 Å². The molecule has 40 heavy (non-hydrogen) atoms. The molecule has 0 aromatic heterocycles. The summed E-state index contributed by atoms with van der Waals surface area (Å²) >= 11 is 0. The zero-order chi connectivity index (χ0) is 25.3. The molecule has 2 saturated carbocycles. The molecule has 4 saturated heterocycles. The molecule has 0 N–H and O–H groups in total. The first kappa shape index (κ1) is 46.7. The standard InChI is InChI=1S/C7H13N.2C6H13N.C5H11NO.C5H11N.5CH4/c1-8(6-2-3-6)7-4-5-7;2*1-7-5-3-2-4-6-7;1-6-2-4-7-5-3-6;1-6-4-2-3-5-6;;;;;/h6-7H,2-5H2,1H3;2*2-6H2,1H3;2-5H2,1H3;2-5H2,1H3;5*1H4. The molecule has 6 rings (SSSR count). The summed E-state index contributed by atoms with van der Waals surface area (Å²) < 4.78 is 5.10. The number of nitrogens with zero attached hydrogens (tertiary/aromatic N) is 5. The second-order valence-electron chi connectivity index (χ2n) is 11.8. The van der Waals surface area contributed by atoms with Crippen LogP contribution in [-0.2, 0) is 4.74 Å². The Morgan fingerprint density at radius 3 is 0.825 bits per heavy atom. The maximum absolute atomic E-state index is 5.10. The highest BCUT2D eigenvalue weighted by Crippen LogP contribution is 2.35. The van der Waals surface area contributed by atoms with Crippen molar-refractivity contribution in [2.45, 2.75) is 126 Å². The predicted octanol–water partition coefficient (Wildman–Crippen LogP) is 7.29. The third kappa shape index (κ3) is 25.5. The van der Waals surface area contributed by atoms with Gasteiger partial charge in [-0.15, -0.1) is 0 Å². The van der Waals surface area contributed by atoms with Crippen LogP contribution in [-0.4, -0.2) is 137 Å². The van der Waals surface area contributed by atoms with E-state index in [1.165, 1.54) is 116 Å². The highest BCUT2D eigenvalue weighted by molar-refractivity contribution is 4.92. The lowest BCUT2D eigenvalue weighted by Gasteiger charge is -2.21. The molecule has 4 heterocycles. The van der Waals surface area contributed by atoms with Crippen molar-refractivity contribution in [3.63, 3.8) is 0 Å². The van der Waals surface area contributed by atoms with Crippen LogP contribution < -0.4 is 0 Å². The van der Waals surface area contributed by atoms with Crippen molar-refractivity contribution in [1.82, 2.24) is 24.5 Å². The Balaban J connectivity index is -0.000000197. The molecule has 0 spiro atoms. The maximum Gasteiger partial charge on any atom is 0.0594 e. The van der Waals surface area contributed by atoms with E-state index in [0.29, 0.717) is 0 Å². The van der Waals surface area contributed by atoms with E-state index in [4.69, 9.17) is 4.74 Å². The fourth-order valence-corrected chi connectivity index (χ4v) is 4.90. The van der Waals surface area contributed by atoms with Gasteiger partial charge in [-0.05, 0) is 139 Å². The average molecular weight is 576 g/mol. The van der Waals surface area contributed by atoms with Gasteiger partial charge < -0.3 is 29.2 Å². The van der Waals surface area contributed by atoms with Crippen LogP contribution in [0.1, 0.15) is 114 Å². The van der Waals surface area contributed by atoms with Gasteiger partial charge in [-0.25, -0.2) is 0 Å². The van der Waals surface area contributed by atoms with Gasteiger partial charge in [0, 0.05) is 25.2 Å². The summed E-state index contributed by atoms with van der Waals surface area (Å²) in [5.74, 6) is 0. The van der Waals surface area contributed by atoms with Gasteiger partial charge >= 0.3 is 0 Å².